The summed E-state index contributed by atoms with van der Waals surface area (Å²) in [7, 11) is 0. The summed E-state index contributed by atoms with van der Waals surface area (Å²) in [5.74, 6) is -0.522. The first-order valence-electron chi connectivity index (χ1n) is 3.89. The number of nitro groups is 1. The van der Waals surface area contributed by atoms with Gasteiger partial charge in [-0.2, -0.15) is 4.72 Å². The molecule has 0 aliphatic carbocycles. The van der Waals surface area contributed by atoms with Gasteiger partial charge in [-0.1, -0.05) is 0 Å². The number of hydrogen-bond acceptors (Lipinski definition) is 4. The summed E-state index contributed by atoms with van der Waals surface area (Å²) in [6, 6.07) is 5.04. The van der Waals surface area contributed by atoms with Gasteiger partial charge in [0.25, 0.3) is 11.6 Å². The van der Waals surface area contributed by atoms with E-state index in [0.29, 0.717) is 0 Å². The molecule has 0 fully saturated rings. The number of non-ortho nitro benzene ring substituents is 1. The highest BCUT2D eigenvalue weighted by molar-refractivity contribution is 7.89. The highest BCUT2D eigenvalue weighted by atomic mass is 32.2. The van der Waals surface area contributed by atoms with Crippen LogP contribution in [0.5, 0.6) is 0 Å². The van der Waals surface area contributed by atoms with Crippen molar-refractivity contribution in [2.45, 2.75) is 0 Å². The van der Waals surface area contributed by atoms with Crippen molar-refractivity contribution in [2.24, 2.45) is 0 Å². The van der Waals surface area contributed by atoms with Crippen LogP contribution in [0.2, 0.25) is 0 Å². The van der Waals surface area contributed by atoms with Gasteiger partial charge in [-0.25, -0.2) is 0 Å². The third-order valence-electron chi connectivity index (χ3n) is 1.58. The second-order valence-corrected chi connectivity index (χ2v) is 3.80. The molecule has 0 saturated heterocycles. The Bertz CT molecular complexity index is 377. The zero-order valence-corrected chi connectivity index (χ0v) is 8.61. The molecule has 0 saturated carbocycles. The van der Waals surface area contributed by atoms with Crippen molar-refractivity contribution in [1.82, 2.24) is 4.72 Å². The van der Waals surface area contributed by atoms with E-state index in [4.69, 9.17) is 0 Å². The van der Waals surface area contributed by atoms with Crippen LogP contribution in [0, 0.1) is 10.1 Å². The fourth-order valence-corrected chi connectivity index (χ4v) is 1.30. The minimum absolute atomic E-state index is 0.0934. The maximum absolute atomic E-state index is 11.3. The fraction of sp³-hybridized carbons (Fsp3) is 0.125. The molecule has 1 rings (SSSR count). The van der Waals surface area contributed by atoms with Gasteiger partial charge < -0.3 is 4.55 Å². The van der Waals surface area contributed by atoms with Crippen molar-refractivity contribution in [1.29, 1.82) is 0 Å². The van der Waals surface area contributed by atoms with Gasteiger partial charge in [0.05, 0.1) is 16.3 Å². The molecule has 0 heterocycles. The van der Waals surface area contributed by atoms with Crippen LogP contribution in [0.15, 0.2) is 24.3 Å². The van der Waals surface area contributed by atoms with E-state index in [9.17, 15) is 19.5 Å². The molecule has 1 amide bonds. The average molecular weight is 228 g/mol. The van der Waals surface area contributed by atoms with Gasteiger partial charge in [0.15, 0.2) is 0 Å². The van der Waals surface area contributed by atoms with Crippen molar-refractivity contribution in [3.63, 3.8) is 0 Å². The third-order valence-corrected chi connectivity index (χ3v) is 2.05. The number of carbonyl (C=O) groups is 1. The zero-order chi connectivity index (χ0) is 11.4. The molecular formula is C8H8N2O4S. The van der Waals surface area contributed by atoms with Crippen LogP contribution in [0.1, 0.15) is 10.4 Å². The average Bonchev–Trinajstić information content (AvgIpc) is 2.17. The largest absolute Gasteiger partial charge is 0.593 e. The summed E-state index contributed by atoms with van der Waals surface area (Å²) in [4.78, 5) is 21.0. The first-order chi connectivity index (χ1) is 7.00. The number of amides is 1. The summed E-state index contributed by atoms with van der Waals surface area (Å²) < 4.78 is 12.8. The predicted molar refractivity (Wildman–Crippen MR) is 54.6 cm³/mol. The lowest BCUT2D eigenvalue weighted by molar-refractivity contribution is -0.384. The van der Waals surface area contributed by atoms with Gasteiger partial charge in [-0.15, -0.1) is 0 Å². The molecule has 0 aromatic heterocycles. The van der Waals surface area contributed by atoms with Crippen LogP contribution in [-0.2, 0) is 11.4 Å². The minimum Gasteiger partial charge on any atom is -0.593 e. The topological polar surface area (TPSA) is 95.3 Å². The molecule has 0 aliphatic heterocycles. The van der Waals surface area contributed by atoms with Crippen molar-refractivity contribution in [3.8, 4) is 0 Å². The Morgan fingerprint density at radius 1 is 1.40 bits per heavy atom. The molecule has 1 aromatic carbocycles. The molecule has 6 nitrogen and oxygen atoms in total. The van der Waals surface area contributed by atoms with E-state index in [1.54, 1.807) is 0 Å². The van der Waals surface area contributed by atoms with Crippen molar-refractivity contribution in [3.05, 3.63) is 39.9 Å². The first-order valence-corrected chi connectivity index (χ1v) is 5.45. The molecule has 0 bridgehead atoms. The van der Waals surface area contributed by atoms with E-state index in [-0.39, 0.29) is 11.3 Å². The molecule has 80 valence electrons. The van der Waals surface area contributed by atoms with E-state index in [2.05, 4.69) is 4.72 Å². The number of nitrogens with one attached hydrogen (secondary N) is 1. The number of carbonyl (C=O) groups excluding carboxylic acids is 1. The maximum Gasteiger partial charge on any atom is 0.292 e. The Labute approximate surface area is 88.8 Å². The molecule has 7 heteroatoms. The lowest BCUT2D eigenvalue weighted by Crippen LogP contribution is -2.29. The van der Waals surface area contributed by atoms with E-state index in [0.717, 1.165) is 0 Å². The Morgan fingerprint density at radius 3 is 2.33 bits per heavy atom. The van der Waals surface area contributed by atoms with E-state index >= 15 is 0 Å². The lowest BCUT2D eigenvalue weighted by atomic mass is 10.2. The second kappa shape index (κ2) is 4.76. The Kier molecular flexibility index (Phi) is 3.64. The first kappa shape index (κ1) is 11.5. The van der Waals surface area contributed by atoms with Gasteiger partial charge in [0, 0.05) is 17.7 Å². The molecule has 1 aromatic rings. The van der Waals surface area contributed by atoms with Crippen LogP contribution in [0.4, 0.5) is 5.69 Å². The number of benzene rings is 1. The fourth-order valence-electron chi connectivity index (χ4n) is 0.924. The minimum atomic E-state index is -1.44. The van der Waals surface area contributed by atoms with Crippen LogP contribution in [-0.4, -0.2) is 21.6 Å². The zero-order valence-electron chi connectivity index (χ0n) is 7.80. The lowest BCUT2D eigenvalue weighted by Gasteiger charge is -2.04. The monoisotopic (exact) mass is 228 g/mol. The summed E-state index contributed by atoms with van der Waals surface area (Å²) in [5, 5.41) is 10.3. The SMILES string of the molecule is C[S+]([O-])NC(=O)c1ccc([N+](=O)[O-])cc1. The molecule has 0 spiro atoms. The third kappa shape index (κ3) is 3.22. The quantitative estimate of drug-likeness (QED) is 0.466. The smallest absolute Gasteiger partial charge is 0.292 e. The van der Waals surface area contributed by atoms with Crippen LogP contribution >= 0.6 is 0 Å². The highest BCUT2D eigenvalue weighted by Gasteiger charge is 2.11. The second-order valence-electron chi connectivity index (χ2n) is 2.69. The Morgan fingerprint density at radius 2 is 1.93 bits per heavy atom. The van der Waals surface area contributed by atoms with E-state index in [1.165, 1.54) is 30.5 Å². The standard InChI is InChI=1S/C8H8N2O4S/c1-15(14)9-8(11)6-2-4-7(5-3-6)10(12)13/h2-5H,1H3,(H,9,11). The summed E-state index contributed by atoms with van der Waals surface area (Å²) in [6.07, 6.45) is 1.32. The number of nitrogens with zero attached hydrogens (tertiary/aromatic N) is 1. The summed E-state index contributed by atoms with van der Waals surface area (Å²) in [6.45, 7) is 0. The summed E-state index contributed by atoms with van der Waals surface area (Å²) >= 11 is -1.44. The Hall–Kier alpha value is -1.60. The van der Waals surface area contributed by atoms with Gasteiger partial charge >= 0.3 is 0 Å². The normalized spacial score (nSPS) is 11.9. The van der Waals surface area contributed by atoms with Crippen molar-refractivity contribution in [2.75, 3.05) is 6.26 Å². The van der Waals surface area contributed by atoms with Crippen LogP contribution < -0.4 is 4.72 Å². The molecule has 0 radical (unpaired) electrons. The number of nitro benzene ring substituents is 1. The summed E-state index contributed by atoms with van der Waals surface area (Å²) in [5.41, 5.74) is 0.139. The van der Waals surface area contributed by atoms with E-state index in [1.807, 2.05) is 0 Å². The van der Waals surface area contributed by atoms with Gasteiger partial charge in [-0.05, 0) is 12.1 Å². The number of rotatable bonds is 3. The highest BCUT2D eigenvalue weighted by Crippen LogP contribution is 2.11. The van der Waals surface area contributed by atoms with Gasteiger partial charge in [0.1, 0.15) is 6.26 Å². The van der Waals surface area contributed by atoms with Crippen molar-refractivity contribution < 1.29 is 14.3 Å². The van der Waals surface area contributed by atoms with Gasteiger partial charge in [0.2, 0.25) is 0 Å². The number of hydrogen-bond donors (Lipinski definition) is 1. The molecule has 0 aliphatic rings. The molecule has 1 atom stereocenters. The van der Waals surface area contributed by atoms with Gasteiger partial charge in [-0.3, -0.25) is 14.9 Å². The predicted octanol–water partition coefficient (Wildman–Crippen LogP) is 0.618. The van der Waals surface area contributed by atoms with Crippen LogP contribution in [0.3, 0.4) is 0 Å². The molecule has 15 heavy (non-hydrogen) atoms. The van der Waals surface area contributed by atoms with Crippen molar-refractivity contribution >= 4 is 23.0 Å². The van der Waals surface area contributed by atoms with Crippen LogP contribution in [0.25, 0.3) is 0 Å². The van der Waals surface area contributed by atoms with E-state index < -0.39 is 22.2 Å². The molecule has 1 N–H and O–H groups in total. The molecule has 1 unspecified atom stereocenters. The molecular weight excluding hydrogens is 220 g/mol. The maximum atomic E-state index is 11.3. The Balaban J connectivity index is 2.80.